The molecule has 1 aliphatic rings. The molecule has 0 radical (unpaired) electrons. The third-order valence-electron chi connectivity index (χ3n) is 6.01. The van der Waals surface area contributed by atoms with Gasteiger partial charge >= 0.3 is 143 Å². The summed E-state index contributed by atoms with van der Waals surface area (Å²) in [4.78, 5) is 0. The van der Waals surface area contributed by atoms with Gasteiger partial charge in [-0.15, -0.1) is 0 Å². The summed E-state index contributed by atoms with van der Waals surface area (Å²) in [5, 5.41) is 1.87. The quantitative estimate of drug-likeness (QED) is 0.426. The third-order valence-corrected chi connectivity index (χ3v) is 13.7. The molecule has 0 nitrogen and oxygen atoms in total. The van der Waals surface area contributed by atoms with Crippen molar-refractivity contribution in [3.05, 3.63) is 50.9 Å². The van der Waals surface area contributed by atoms with Gasteiger partial charge < -0.3 is 37.2 Å². The van der Waals surface area contributed by atoms with Crippen LogP contribution in [-0.2, 0) is 20.4 Å². The first-order chi connectivity index (χ1) is 9.80. The number of halogens is 3. The van der Waals surface area contributed by atoms with E-state index in [-0.39, 0.29) is 42.3 Å². The van der Waals surface area contributed by atoms with E-state index in [0.29, 0.717) is 0 Å². The van der Waals surface area contributed by atoms with Gasteiger partial charge in [0.2, 0.25) is 0 Å². The van der Waals surface area contributed by atoms with Gasteiger partial charge in [-0.3, -0.25) is 0 Å². The average molecular weight is 438 g/mol. The molecule has 1 aliphatic carbocycles. The molecule has 0 saturated carbocycles. The van der Waals surface area contributed by atoms with Gasteiger partial charge in [-0.25, -0.2) is 0 Å². The van der Waals surface area contributed by atoms with Gasteiger partial charge in [0.1, 0.15) is 0 Å². The Bertz CT molecular complexity index is 586. The molecule has 0 aliphatic heterocycles. The molecular formula is C19H27Cl3SiTi. The van der Waals surface area contributed by atoms with Crippen LogP contribution < -0.4 is 42.4 Å². The van der Waals surface area contributed by atoms with Crippen LogP contribution in [0.4, 0.5) is 0 Å². The summed E-state index contributed by atoms with van der Waals surface area (Å²) in [6, 6.07) is 12.7. The fourth-order valence-electron chi connectivity index (χ4n) is 4.08. The van der Waals surface area contributed by atoms with Crippen LogP contribution in [0.1, 0.15) is 41.0 Å². The monoisotopic (exact) mass is 436 g/mol. The molecule has 1 aromatic carbocycles. The van der Waals surface area contributed by atoms with Crippen molar-refractivity contribution >= 4 is 13.3 Å². The SMILES string of the molecule is CCC[Si](C)(c1ccccc1)C1(C)C(C)=C(C)C(C)=[C]1[Ti+3].[Cl-].[Cl-].[Cl-]. The summed E-state index contributed by atoms with van der Waals surface area (Å²) < 4.78 is 1.61. The third kappa shape index (κ3) is 3.92. The number of hydrogen-bond donors (Lipinski definition) is 0. The van der Waals surface area contributed by atoms with Crippen molar-refractivity contribution < 1.29 is 57.7 Å². The van der Waals surface area contributed by atoms with Crippen molar-refractivity contribution in [3.63, 3.8) is 0 Å². The zero-order valence-electron chi connectivity index (χ0n) is 15.4. The van der Waals surface area contributed by atoms with Crippen LogP contribution in [0, 0.1) is 0 Å². The number of allylic oxidation sites excluding steroid dienone is 4. The van der Waals surface area contributed by atoms with Gasteiger partial charge in [0.25, 0.3) is 0 Å². The van der Waals surface area contributed by atoms with E-state index >= 15 is 0 Å². The van der Waals surface area contributed by atoms with Gasteiger partial charge in [-0.2, -0.15) is 0 Å². The second-order valence-corrected chi connectivity index (χ2v) is 12.3. The zero-order valence-corrected chi connectivity index (χ0v) is 20.3. The Hall–Kier alpha value is 0.501. The van der Waals surface area contributed by atoms with Crippen LogP contribution in [0.3, 0.4) is 0 Å². The van der Waals surface area contributed by atoms with E-state index in [1.807, 2.05) is 0 Å². The Kier molecular flexibility index (Phi) is 11.1. The predicted molar refractivity (Wildman–Crippen MR) is 92.2 cm³/mol. The maximum Gasteiger partial charge on any atom is -1.00 e. The van der Waals surface area contributed by atoms with Crippen LogP contribution in [0.5, 0.6) is 0 Å². The Morgan fingerprint density at radius 3 is 1.83 bits per heavy atom. The summed E-state index contributed by atoms with van der Waals surface area (Å²) in [5.74, 6) is 0. The largest absolute Gasteiger partial charge is 1.00 e. The molecule has 0 spiro atoms. The number of hydrogen-bond acceptors (Lipinski definition) is 0. The Morgan fingerprint density at radius 1 is 0.958 bits per heavy atom. The molecule has 5 heteroatoms. The summed E-state index contributed by atoms with van der Waals surface area (Å²) in [6.45, 7) is 14.5. The molecule has 0 aromatic heterocycles. The smallest absolute Gasteiger partial charge is 1.00 e. The van der Waals surface area contributed by atoms with E-state index in [1.54, 1.807) is 14.6 Å². The van der Waals surface area contributed by atoms with Crippen LogP contribution in [0.25, 0.3) is 0 Å². The van der Waals surface area contributed by atoms with Crippen molar-refractivity contribution in [2.75, 3.05) is 0 Å². The second-order valence-electron chi connectivity index (χ2n) is 6.82. The molecule has 2 rings (SSSR count). The second kappa shape index (κ2) is 10.00. The van der Waals surface area contributed by atoms with Crippen LogP contribution >= 0.6 is 0 Å². The van der Waals surface area contributed by atoms with Gasteiger partial charge in [-0.05, 0) is 0 Å². The van der Waals surface area contributed by atoms with E-state index < -0.39 is 8.07 Å². The Morgan fingerprint density at radius 2 is 1.46 bits per heavy atom. The van der Waals surface area contributed by atoms with Gasteiger partial charge in [0.05, 0.1) is 0 Å². The fourth-order valence-corrected chi connectivity index (χ4v) is 11.0. The molecule has 2 unspecified atom stereocenters. The van der Waals surface area contributed by atoms with Gasteiger partial charge in [-0.1, -0.05) is 0 Å². The molecule has 0 bridgehead atoms. The normalized spacial score (nSPS) is 22.3. The average Bonchev–Trinajstić information content (AvgIpc) is 2.65. The van der Waals surface area contributed by atoms with E-state index in [9.17, 15) is 0 Å². The molecule has 0 N–H and O–H groups in total. The molecule has 0 fully saturated rings. The zero-order chi connectivity index (χ0) is 15.8. The molecule has 0 amide bonds. The molecule has 2 atom stereocenters. The van der Waals surface area contributed by atoms with Crippen molar-refractivity contribution in [2.24, 2.45) is 0 Å². The minimum Gasteiger partial charge on any atom is -1.00 e. The standard InChI is InChI=1S/C19H27Si.3ClH.Ti/c1-7-13-20(6,18-11-9-8-10-12-18)19(5)14-15(2)16(3)17(19)4;;;;/h8-12H,7,13H2,1-6H3;3*1H;/q;;;;+3/p-3. The molecular weight excluding hydrogens is 411 g/mol. The first-order valence-electron chi connectivity index (χ1n) is 7.97. The van der Waals surface area contributed by atoms with Crippen molar-refractivity contribution in [2.45, 2.75) is 58.7 Å². The minimum absolute atomic E-state index is 0. The molecule has 0 heterocycles. The molecule has 24 heavy (non-hydrogen) atoms. The molecule has 1 aromatic rings. The number of rotatable bonds is 4. The number of benzene rings is 1. The van der Waals surface area contributed by atoms with Crippen LogP contribution in [-0.4, -0.2) is 8.07 Å². The maximum atomic E-state index is 2.60. The van der Waals surface area contributed by atoms with Crippen molar-refractivity contribution in [1.29, 1.82) is 0 Å². The summed E-state index contributed by atoms with van der Waals surface area (Å²) >= 11 is 2.37. The summed E-state index contributed by atoms with van der Waals surface area (Å²) in [7, 11) is -1.64. The molecule has 0 saturated heterocycles. The first-order valence-corrected chi connectivity index (χ1v) is 11.5. The van der Waals surface area contributed by atoms with Crippen molar-refractivity contribution in [1.82, 2.24) is 0 Å². The summed E-state index contributed by atoms with van der Waals surface area (Å²) in [6.07, 6.45) is 1.27. The minimum atomic E-state index is -1.64. The Balaban J connectivity index is 0. The maximum absolute atomic E-state index is 2.60. The predicted octanol–water partition coefficient (Wildman–Crippen LogP) is -3.67. The van der Waals surface area contributed by atoms with E-state index in [2.05, 4.69) is 91.9 Å². The van der Waals surface area contributed by atoms with E-state index in [1.165, 1.54) is 23.6 Å². The fraction of sp³-hybridized carbons (Fsp3) is 0.474. The summed E-state index contributed by atoms with van der Waals surface area (Å²) in [5.41, 5.74) is 4.67. The van der Waals surface area contributed by atoms with Crippen LogP contribution in [0.15, 0.2) is 50.9 Å². The Labute approximate surface area is 179 Å². The van der Waals surface area contributed by atoms with Gasteiger partial charge in [0.15, 0.2) is 0 Å². The van der Waals surface area contributed by atoms with Gasteiger partial charge in [0, 0.05) is 0 Å². The van der Waals surface area contributed by atoms with E-state index in [0.717, 1.165) is 0 Å². The van der Waals surface area contributed by atoms with Crippen LogP contribution in [0.2, 0.25) is 17.6 Å². The van der Waals surface area contributed by atoms with Crippen molar-refractivity contribution in [3.8, 4) is 0 Å². The van der Waals surface area contributed by atoms with E-state index in [4.69, 9.17) is 0 Å². The molecule has 132 valence electrons. The first kappa shape index (κ1) is 26.7. The topological polar surface area (TPSA) is 0 Å².